The number of aliphatic carboxylic acids is 1. The first kappa shape index (κ1) is 12.5. The number of aliphatic hydroxyl groups is 1. The minimum atomic E-state index is -1.89. The molecule has 1 unspecified atom stereocenters. The molecule has 0 spiro atoms. The molecule has 6 nitrogen and oxygen atoms in total. The van der Waals surface area contributed by atoms with Crippen LogP contribution in [0.2, 0.25) is 0 Å². The zero-order chi connectivity index (χ0) is 12.5. The summed E-state index contributed by atoms with van der Waals surface area (Å²) in [6, 6.07) is 0. The van der Waals surface area contributed by atoms with E-state index < -0.39 is 11.6 Å². The van der Waals surface area contributed by atoms with Gasteiger partial charge in [-0.05, 0) is 20.8 Å². The Morgan fingerprint density at radius 1 is 1.56 bits per heavy atom. The normalized spacial score (nSPS) is 14.6. The fraction of sp³-hybridized carbons (Fsp3) is 0.600. The van der Waals surface area contributed by atoms with Crippen LogP contribution in [-0.2, 0) is 11.8 Å². The lowest BCUT2D eigenvalue weighted by Crippen LogP contribution is -2.41. The van der Waals surface area contributed by atoms with Gasteiger partial charge in [0.05, 0.1) is 5.69 Å². The fourth-order valence-electron chi connectivity index (χ4n) is 1.24. The van der Waals surface area contributed by atoms with Crippen LogP contribution in [0, 0.1) is 13.8 Å². The summed E-state index contributed by atoms with van der Waals surface area (Å²) >= 11 is 0. The van der Waals surface area contributed by atoms with Crippen LogP contribution in [0.15, 0.2) is 0 Å². The molecule has 1 heterocycles. The maximum absolute atomic E-state index is 10.7. The van der Waals surface area contributed by atoms with Crippen LogP contribution in [0.4, 0.5) is 0 Å². The maximum Gasteiger partial charge on any atom is 0.339 e. The number of aromatic nitrogens is 2. The average molecular weight is 228 g/mol. The fourth-order valence-corrected chi connectivity index (χ4v) is 1.24. The van der Waals surface area contributed by atoms with Crippen molar-refractivity contribution in [3.8, 4) is 5.75 Å². The van der Waals surface area contributed by atoms with Crippen LogP contribution in [-0.4, -0.2) is 38.2 Å². The molecule has 0 saturated carbocycles. The summed E-state index contributed by atoms with van der Waals surface area (Å²) < 4.78 is 6.94. The zero-order valence-electron chi connectivity index (χ0n) is 9.81. The van der Waals surface area contributed by atoms with Gasteiger partial charge in [-0.25, -0.2) is 4.79 Å². The van der Waals surface area contributed by atoms with Crippen LogP contribution in [0.5, 0.6) is 5.75 Å². The SMILES string of the molecule is Cc1nn(C)c(C)c1OCC(C)(O)C(=O)O. The van der Waals surface area contributed by atoms with Gasteiger partial charge in [-0.15, -0.1) is 0 Å². The lowest BCUT2D eigenvalue weighted by molar-refractivity contribution is -0.159. The van der Waals surface area contributed by atoms with Gasteiger partial charge in [0.15, 0.2) is 11.4 Å². The van der Waals surface area contributed by atoms with Crippen molar-refractivity contribution in [1.82, 2.24) is 9.78 Å². The van der Waals surface area contributed by atoms with Gasteiger partial charge in [0.25, 0.3) is 0 Å². The number of aryl methyl sites for hydroxylation is 2. The van der Waals surface area contributed by atoms with Crippen molar-refractivity contribution in [2.24, 2.45) is 7.05 Å². The molecule has 1 aromatic heterocycles. The first-order valence-electron chi connectivity index (χ1n) is 4.84. The third-order valence-electron chi connectivity index (χ3n) is 2.40. The molecule has 6 heteroatoms. The number of rotatable bonds is 4. The van der Waals surface area contributed by atoms with Crippen LogP contribution in [0.25, 0.3) is 0 Å². The number of carboxylic acids is 1. The average Bonchev–Trinajstić information content (AvgIpc) is 2.39. The Morgan fingerprint density at radius 2 is 2.12 bits per heavy atom. The molecule has 1 aromatic rings. The summed E-state index contributed by atoms with van der Waals surface area (Å²) in [6.45, 7) is 4.45. The Kier molecular flexibility index (Phi) is 3.23. The van der Waals surface area contributed by atoms with Gasteiger partial charge in [0.2, 0.25) is 0 Å². The molecule has 0 bridgehead atoms. The van der Waals surface area contributed by atoms with E-state index in [0.717, 1.165) is 5.69 Å². The Hall–Kier alpha value is -1.56. The Labute approximate surface area is 93.5 Å². The van der Waals surface area contributed by atoms with E-state index in [1.807, 2.05) is 6.92 Å². The summed E-state index contributed by atoms with van der Waals surface area (Å²) in [4.78, 5) is 10.7. The molecule has 1 atom stereocenters. The highest BCUT2D eigenvalue weighted by molar-refractivity contribution is 5.76. The number of nitrogens with zero attached hydrogens (tertiary/aromatic N) is 2. The van der Waals surface area contributed by atoms with Gasteiger partial charge in [-0.2, -0.15) is 5.10 Å². The van der Waals surface area contributed by atoms with Gasteiger partial charge >= 0.3 is 5.97 Å². The van der Waals surface area contributed by atoms with Crippen LogP contribution >= 0.6 is 0 Å². The molecule has 0 saturated heterocycles. The lowest BCUT2D eigenvalue weighted by atomic mass is 10.1. The molecule has 0 aliphatic heterocycles. The van der Waals surface area contributed by atoms with Crippen molar-refractivity contribution in [3.63, 3.8) is 0 Å². The molecular weight excluding hydrogens is 212 g/mol. The Balaban J connectivity index is 2.79. The first-order chi connectivity index (χ1) is 7.25. The molecule has 1 rings (SSSR count). The topological polar surface area (TPSA) is 84.6 Å². The number of carboxylic acid groups (broad SMARTS) is 1. The second-order valence-electron chi connectivity index (χ2n) is 3.99. The molecule has 90 valence electrons. The number of hydrogen-bond acceptors (Lipinski definition) is 4. The van der Waals surface area contributed by atoms with Crippen molar-refractivity contribution in [1.29, 1.82) is 0 Å². The van der Waals surface area contributed by atoms with Crippen molar-refractivity contribution in [3.05, 3.63) is 11.4 Å². The summed E-state index contributed by atoms with van der Waals surface area (Å²) in [5.41, 5.74) is -0.436. The Morgan fingerprint density at radius 3 is 2.50 bits per heavy atom. The van der Waals surface area contributed by atoms with Gasteiger partial charge < -0.3 is 14.9 Å². The summed E-state index contributed by atoms with van der Waals surface area (Å²) in [7, 11) is 1.77. The highest BCUT2D eigenvalue weighted by Gasteiger charge is 2.31. The molecule has 0 aliphatic carbocycles. The van der Waals surface area contributed by atoms with E-state index >= 15 is 0 Å². The summed E-state index contributed by atoms with van der Waals surface area (Å²) in [5, 5.41) is 22.3. The minimum Gasteiger partial charge on any atom is -0.486 e. The lowest BCUT2D eigenvalue weighted by Gasteiger charge is -2.18. The molecule has 0 radical (unpaired) electrons. The van der Waals surface area contributed by atoms with E-state index in [9.17, 15) is 9.90 Å². The molecule has 0 aliphatic rings. The largest absolute Gasteiger partial charge is 0.486 e. The van der Waals surface area contributed by atoms with Crippen molar-refractivity contribution < 1.29 is 19.7 Å². The van der Waals surface area contributed by atoms with E-state index in [0.29, 0.717) is 11.4 Å². The molecule has 2 N–H and O–H groups in total. The van der Waals surface area contributed by atoms with Gasteiger partial charge in [0, 0.05) is 7.05 Å². The third kappa shape index (κ3) is 2.33. The Bertz CT molecular complexity index is 409. The van der Waals surface area contributed by atoms with Crippen LogP contribution in [0.3, 0.4) is 0 Å². The predicted octanol–water partition coefficient (Wildman–Crippen LogP) is 0.251. The predicted molar refractivity (Wildman–Crippen MR) is 56.4 cm³/mol. The smallest absolute Gasteiger partial charge is 0.339 e. The van der Waals surface area contributed by atoms with Crippen molar-refractivity contribution in [2.45, 2.75) is 26.4 Å². The van der Waals surface area contributed by atoms with Crippen molar-refractivity contribution in [2.75, 3.05) is 6.61 Å². The maximum atomic E-state index is 10.7. The van der Waals surface area contributed by atoms with Gasteiger partial charge in [0.1, 0.15) is 12.3 Å². The van der Waals surface area contributed by atoms with Crippen LogP contribution < -0.4 is 4.74 Å². The number of carbonyl (C=O) groups is 1. The number of hydrogen-bond donors (Lipinski definition) is 2. The minimum absolute atomic E-state index is 0.310. The monoisotopic (exact) mass is 228 g/mol. The van der Waals surface area contributed by atoms with Gasteiger partial charge in [-0.3, -0.25) is 4.68 Å². The van der Waals surface area contributed by atoms with Gasteiger partial charge in [-0.1, -0.05) is 0 Å². The highest BCUT2D eigenvalue weighted by atomic mass is 16.5. The second kappa shape index (κ2) is 4.13. The third-order valence-corrected chi connectivity index (χ3v) is 2.40. The summed E-state index contributed by atoms with van der Waals surface area (Å²) in [6.07, 6.45) is 0. The highest BCUT2D eigenvalue weighted by Crippen LogP contribution is 2.22. The molecule has 0 amide bonds. The molecule has 0 aromatic carbocycles. The summed E-state index contributed by atoms with van der Waals surface area (Å²) in [5.74, 6) is -0.796. The van der Waals surface area contributed by atoms with Crippen LogP contribution in [0.1, 0.15) is 18.3 Å². The molecular formula is C10H16N2O4. The van der Waals surface area contributed by atoms with E-state index in [-0.39, 0.29) is 6.61 Å². The first-order valence-corrected chi connectivity index (χ1v) is 4.84. The van der Waals surface area contributed by atoms with E-state index in [4.69, 9.17) is 9.84 Å². The standard InChI is InChI=1S/C10H16N2O4/c1-6-8(7(2)12(4)11-6)16-5-10(3,15)9(13)14/h15H,5H2,1-4H3,(H,13,14). The molecule has 0 fully saturated rings. The number of ether oxygens (including phenoxy) is 1. The quantitative estimate of drug-likeness (QED) is 0.771. The van der Waals surface area contributed by atoms with E-state index in [2.05, 4.69) is 5.10 Å². The van der Waals surface area contributed by atoms with Crippen molar-refractivity contribution >= 4 is 5.97 Å². The van der Waals surface area contributed by atoms with E-state index in [1.165, 1.54) is 6.92 Å². The van der Waals surface area contributed by atoms with E-state index in [1.54, 1.807) is 18.7 Å². The molecule has 16 heavy (non-hydrogen) atoms. The zero-order valence-corrected chi connectivity index (χ0v) is 9.81. The second-order valence-corrected chi connectivity index (χ2v) is 3.99.